The third-order valence-electron chi connectivity index (χ3n) is 2.12. The molecule has 1 fully saturated rings. The average molecular weight is 256 g/mol. The zero-order valence-electron chi connectivity index (χ0n) is 7.46. The molecule has 2 heterocycles. The monoisotopic (exact) mass is 255 g/mol. The second-order valence-corrected chi connectivity index (χ2v) is 4.15. The molecule has 1 aromatic heterocycles. The number of amides is 1. The van der Waals surface area contributed by atoms with Crippen molar-refractivity contribution in [2.75, 3.05) is 18.4 Å². The topological polar surface area (TPSA) is 54.0 Å². The van der Waals surface area contributed by atoms with E-state index < -0.39 is 0 Å². The average Bonchev–Trinajstić information content (AvgIpc) is 1.99. The van der Waals surface area contributed by atoms with E-state index in [4.69, 9.17) is 0 Å². The van der Waals surface area contributed by atoms with E-state index in [1.165, 1.54) is 0 Å². The van der Waals surface area contributed by atoms with Crippen LogP contribution in [0.15, 0.2) is 22.9 Å². The fourth-order valence-electron chi connectivity index (χ4n) is 1.20. The van der Waals surface area contributed by atoms with Gasteiger partial charge in [0.2, 0.25) is 5.91 Å². The zero-order chi connectivity index (χ0) is 9.97. The molecular formula is C9H10BrN3O. The summed E-state index contributed by atoms with van der Waals surface area (Å²) in [6.07, 6.45) is 3.31. The first-order valence-electron chi connectivity index (χ1n) is 4.38. The third kappa shape index (κ3) is 2.10. The number of aromatic nitrogens is 1. The van der Waals surface area contributed by atoms with E-state index in [0.29, 0.717) is 0 Å². The number of nitrogens with zero attached hydrogens (tertiary/aromatic N) is 1. The van der Waals surface area contributed by atoms with Crippen LogP contribution in [0.1, 0.15) is 0 Å². The molecule has 0 aliphatic carbocycles. The van der Waals surface area contributed by atoms with E-state index in [1.54, 1.807) is 12.4 Å². The highest BCUT2D eigenvalue weighted by Gasteiger charge is 2.24. The number of rotatable bonds is 2. The Morgan fingerprint density at radius 3 is 2.93 bits per heavy atom. The van der Waals surface area contributed by atoms with E-state index in [0.717, 1.165) is 23.2 Å². The summed E-state index contributed by atoms with van der Waals surface area (Å²) in [5, 5.41) is 5.87. The predicted molar refractivity (Wildman–Crippen MR) is 56.9 cm³/mol. The van der Waals surface area contributed by atoms with Crippen LogP contribution in [0.5, 0.6) is 0 Å². The molecule has 2 rings (SSSR count). The molecule has 5 heteroatoms. The lowest BCUT2D eigenvalue weighted by Crippen LogP contribution is -2.48. The van der Waals surface area contributed by atoms with Gasteiger partial charge in [0, 0.05) is 23.8 Å². The fraction of sp³-hybridized carbons (Fsp3) is 0.333. The van der Waals surface area contributed by atoms with Crippen LogP contribution in [-0.4, -0.2) is 24.0 Å². The summed E-state index contributed by atoms with van der Waals surface area (Å²) in [5.74, 6) is 0.164. The Labute approximate surface area is 90.2 Å². The number of hydrogen-bond acceptors (Lipinski definition) is 3. The SMILES string of the molecule is O=C(Nc1cncc(Br)c1)C1CNC1. The van der Waals surface area contributed by atoms with Crippen molar-refractivity contribution in [2.45, 2.75) is 0 Å². The van der Waals surface area contributed by atoms with Gasteiger partial charge in [0.05, 0.1) is 17.8 Å². The van der Waals surface area contributed by atoms with Gasteiger partial charge >= 0.3 is 0 Å². The summed E-state index contributed by atoms with van der Waals surface area (Å²) >= 11 is 3.29. The number of carbonyl (C=O) groups excluding carboxylic acids is 1. The maximum absolute atomic E-state index is 11.5. The Hall–Kier alpha value is -0.940. The van der Waals surface area contributed by atoms with Crippen molar-refractivity contribution in [3.8, 4) is 0 Å². The molecular weight excluding hydrogens is 246 g/mol. The van der Waals surface area contributed by atoms with Crippen LogP contribution in [0.4, 0.5) is 5.69 Å². The first-order chi connectivity index (χ1) is 6.75. The minimum atomic E-state index is 0.0589. The quantitative estimate of drug-likeness (QED) is 0.830. The Morgan fingerprint density at radius 2 is 2.36 bits per heavy atom. The van der Waals surface area contributed by atoms with Crippen molar-refractivity contribution in [1.82, 2.24) is 10.3 Å². The summed E-state index contributed by atoms with van der Waals surface area (Å²) in [6.45, 7) is 1.54. The van der Waals surface area contributed by atoms with Gasteiger partial charge in [0.25, 0.3) is 0 Å². The van der Waals surface area contributed by atoms with Gasteiger partial charge in [0.15, 0.2) is 0 Å². The van der Waals surface area contributed by atoms with Crippen LogP contribution >= 0.6 is 15.9 Å². The van der Waals surface area contributed by atoms with Gasteiger partial charge in [-0.05, 0) is 22.0 Å². The predicted octanol–water partition coefficient (Wildman–Crippen LogP) is 1.00. The smallest absolute Gasteiger partial charge is 0.230 e. The van der Waals surface area contributed by atoms with Crippen molar-refractivity contribution in [2.24, 2.45) is 5.92 Å². The lowest BCUT2D eigenvalue weighted by Gasteiger charge is -2.25. The van der Waals surface area contributed by atoms with Crippen LogP contribution in [0.2, 0.25) is 0 Å². The van der Waals surface area contributed by atoms with Crippen molar-refractivity contribution in [3.05, 3.63) is 22.9 Å². The molecule has 0 bridgehead atoms. The van der Waals surface area contributed by atoms with Gasteiger partial charge < -0.3 is 10.6 Å². The molecule has 0 saturated carbocycles. The Balaban J connectivity index is 1.99. The van der Waals surface area contributed by atoms with E-state index >= 15 is 0 Å². The lowest BCUT2D eigenvalue weighted by molar-refractivity contribution is -0.121. The Kier molecular flexibility index (Phi) is 2.79. The molecule has 2 N–H and O–H groups in total. The summed E-state index contributed by atoms with van der Waals surface area (Å²) in [4.78, 5) is 15.5. The molecule has 0 radical (unpaired) electrons. The molecule has 1 saturated heterocycles. The standard InChI is InChI=1S/C9H10BrN3O/c10-7-1-8(5-12-4-7)13-9(14)6-2-11-3-6/h1,4-6,11H,2-3H2,(H,13,14). The molecule has 0 aromatic carbocycles. The maximum Gasteiger partial charge on any atom is 0.230 e. The zero-order valence-corrected chi connectivity index (χ0v) is 9.04. The molecule has 1 aromatic rings. The van der Waals surface area contributed by atoms with Crippen molar-refractivity contribution < 1.29 is 4.79 Å². The van der Waals surface area contributed by atoms with E-state index in [9.17, 15) is 4.79 Å². The van der Waals surface area contributed by atoms with E-state index in [-0.39, 0.29) is 11.8 Å². The highest BCUT2D eigenvalue weighted by Crippen LogP contribution is 2.15. The van der Waals surface area contributed by atoms with Gasteiger partial charge in [-0.2, -0.15) is 0 Å². The molecule has 1 amide bonds. The lowest BCUT2D eigenvalue weighted by atomic mass is 10.0. The van der Waals surface area contributed by atoms with Crippen LogP contribution in [-0.2, 0) is 4.79 Å². The number of pyridine rings is 1. The molecule has 0 atom stereocenters. The molecule has 1 aliphatic rings. The fourth-order valence-corrected chi connectivity index (χ4v) is 1.56. The number of anilines is 1. The van der Waals surface area contributed by atoms with Gasteiger partial charge in [-0.1, -0.05) is 0 Å². The Bertz CT molecular complexity index is 352. The van der Waals surface area contributed by atoms with Gasteiger partial charge in [0.1, 0.15) is 0 Å². The van der Waals surface area contributed by atoms with Gasteiger partial charge in [-0.3, -0.25) is 9.78 Å². The maximum atomic E-state index is 11.5. The second kappa shape index (κ2) is 4.06. The number of nitrogens with one attached hydrogen (secondary N) is 2. The van der Waals surface area contributed by atoms with Crippen molar-refractivity contribution in [3.63, 3.8) is 0 Å². The highest BCUT2D eigenvalue weighted by atomic mass is 79.9. The van der Waals surface area contributed by atoms with Crippen molar-refractivity contribution >= 4 is 27.5 Å². The van der Waals surface area contributed by atoms with Gasteiger partial charge in [-0.15, -0.1) is 0 Å². The van der Waals surface area contributed by atoms with Crippen molar-refractivity contribution in [1.29, 1.82) is 0 Å². The molecule has 74 valence electrons. The number of halogens is 1. The van der Waals surface area contributed by atoms with E-state index in [2.05, 4.69) is 31.5 Å². The first-order valence-corrected chi connectivity index (χ1v) is 5.17. The summed E-state index contributed by atoms with van der Waals surface area (Å²) in [7, 11) is 0. The first kappa shape index (κ1) is 9.61. The molecule has 1 aliphatic heterocycles. The van der Waals surface area contributed by atoms with Crippen LogP contribution in [0.3, 0.4) is 0 Å². The normalized spacial score (nSPS) is 16.1. The van der Waals surface area contributed by atoms with Gasteiger partial charge in [-0.25, -0.2) is 0 Å². The van der Waals surface area contributed by atoms with Crippen LogP contribution < -0.4 is 10.6 Å². The Morgan fingerprint density at radius 1 is 1.57 bits per heavy atom. The van der Waals surface area contributed by atoms with Crippen LogP contribution in [0.25, 0.3) is 0 Å². The molecule has 14 heavy (non-hydrogen) atoms. The third-order valence-corrected chi connectivity index (χ3v) is 2.56. The highest BCUT2D eigenvalue weighted by molar-refractivity contribution is 9.10. The molecule has 4 nitrogen and oxygen atoms in total. The molecule has 0 unspecified atom stereocenters. The molecule has 0 spiro atoms. The number of hydrogen-bond donors (Lipinski definition) is 2. The van der Waals surface area contributed by atoms with Crippen LogP contribution in [0, 0.1) is 5.92 Å². The second-order valence-electron chi connectivity index (χ2n) is 3.24. The van der Waals surface area contributed by atoms with E-state index in [1.807, 2.05) is 6.07 Å². The largest absolute Gasteiger partial charge is 0.324 e. The minimum Gasteiger partial charge on any atom is -0.324 e. The minimum absolute atomic E-state index is 0.0589. The summed E-state index contributed by atoms with van der Waals surface area (Å²) < 4.78 is 0.863. The number of carbonyl (C=O) groups is 1. The summed E-state index contributed by atoms with van der Waals surface area (Å²) in [5.41, 5.74) is 0.733. The summed E-state index contributed by atoms with van der Waals surface area (Å²) in [6, 6.07) is 1.83.